The SMILES string of the molecule is CCC(C)(O)C(C)(C)COC(=O)c1ccccc1. The smallest absolute Gasteiger partial charge is 0.338 e. The summed E-state index contributed by atoms with van der Waals surface area (Å²) in [4.78, 5) is 11.8. The highest BCUT2D eigenvalue weighted by Gasteiger charge is 2.38. The molecule has 0 aliphatic rings. The van der Waals surface area contributed by atoms with Crippen molar-refractivity contribution in [3.05, 3.63) is 35.9 Å². The molecule has 1 N–H and O–H groups in total. The van der Waals surface area contributed by atoms with E-state index in [1.807, 2.05) is 26.8 Å². The fourth-order valence-electron chi connectivity index (χ4n) is 1.54. The molecule has 0 saturated heterocycles. The van der Waals surface area contributed by atoms with Crippen LogP contribution in [0.5, 0.6) is 0 Å². The zero-order valence-electron chi connectivity index (χ0n) is 11.6. The summed E-state index contributed by atoms with van der Waals surface area (Å²) in [6, 6.07) is 8.87. The number of rotatable bonds is 5. The average Bonchev–Trinajstić information content (AvgIpc) is 2.36. The number of benzene rings is 1. The van der Waals surface area contributed by atoms with Gasteiger partial charge >= 0.3 is 5.97 Å². The Labute approximate surface area is 109 Å². The Kier molecular flexibility index (Phi) is 4.52. The summed E-state index contributed by atoms with van der Waals surface area (Å²) in [7, 11) is 0. The van der Waals surface area contributed by atoms with Crippen molar-refractivity contribution in [1.82, 2.24) is 0 Å². The summed E-state index contributed by atoms with van der Waals surface area (Å²) in [6.07, 6.45) is 0.614. The summed E-state index contributed by atoms with van der Waals surface area (Å²) in [6.45, 7) is 7.68. The molecule has 0 radical (unpaired) electrons. The van der Waals surface area contributed by atoms with Gasteiger partial charge in [0.1, 0.15) is 0 Å². The molecule has 3 heteroatoms. The Morgan fingerprint density at radius 2 is 1.78 bits per heavy atom. The first-order valence-corrected chi connectivity index (χ1v) is 6.25. The van der Waals surface area contributed by atoms with Crippen LogP contribution in [0.4, 0.5) is 0 Å². The van der Waals surface area contributed by atoms with Crippen LogP contribution >= 0.6 is 0 Å². The minimum absolute atomic E-state index is 0.196. The first kappa shape index (κ1) is 14.7. The number of hydrogen-bond acceptors (Lipinski definition) is 3. The lowest BCUT2D eigenvalue weighted by Crippen LogP contribution is -2.44. The molecule has 1 rings (SSSR count). The third kappa shape index (κ3) is 3.33. The number of carbonyl (C=O) groups is 1. The fraction of sp³-hybridized carbons (Fsp3) is 0.533. The average molecular weight is 250 g/mol. The van der Waals surface area contributed by atoms with Gasteiger partial charge in [-0.05, 0) is 25.5 Å². The van der Waals surface area contributed by atoms with E-state index in [-0.39, 0.29) is 12.6 Å². The second-order valence-electron chi connectivity index (χ2n) is 5.45. The van der Waals surface area contributed by atoms with E-state index >= 15 is 0 Å². The lowest BCUT2D eigenvalue weighted by Gasteiger charge is -2.38. The van der Waals surface area contributed by atoms with E-state index in [0.29, 0.717) is 12.0 Å². The highest BCUT2D eigenvalue weighted by molar-refractivity contribution is 5.89. The topological polar surface area (TPSA) is 46.5 Å². The van der Waals surface area contributed by atoms with Crippen LogP contribution in [0.25, 0.3) is 0 Å². The van der Waals surface area contributed by atoms with E-state index in [4.69, 9.17) is 4.74 Å². The van der Waals surface area contributed by atoms with Crippen molar-refractivity contribution >= 4 is 5.97 Å². The molecule has 0 aliphatic carbocycles. The van der Waals surface area contributed by atoms with Crippen LogP contribution in [-0.2, 0) is 4.74 Å². The Morgan fingerprint density at radius 3 is 2.28 bits per heavy atom. The number of esters is 1. The molecule has 0 bridgehead atoms. The van der Waals surface area contributed by atoms with Gasteiger partial charge in [-0.2, -0.15) is 0 Å². The largest absolute Gasteiger partial charge is 0.461 e. The van der Waals surface area contributed by atoms with Crippen LogP contribution in [0.3, 0.4) is 0 Å². The molecule has 0 heterocycles. The van der Waals surface area contributed by atoms with Gasteiger partial charge in [0.05, 0.1) is 17.8 Å². The maximum Gasteiger partial charge on any atom is 0.338 e. The summed E-state index contributed by atoms with van der Waals surface area (Å²) in [5, 5.41) is 10.2. The third-order valence-corrected chi connectivity index (χ3v) is 3.72. The first-order chi connectivity index (χ1) is 8.30. The minimum atomic E-state index is -0.857. The van der Waals surface area contributed by atoms with Gasteiger partial charge in [-0.3, -0.25) is 0 Å². The van der Waals surface area contributed by atoms with E-state index < -0.39 is 11.0 Å². The van der Waals surface area contributed by atoms with Crippen LogP contribution in [0.2, 0.25) is 0 Å². The molecule has 100 valence electrons. The number of ether oxygens (including phenoxy) is 1. The van der Waals surface area contributed by atoms with E-state index in [1.165, 1.54) is 0 Å². The zero-order valence-corrected chi connectivity index (χ0v) is 11.6. The molecule has 1 aromatic rings. The van der Waals surface area contributed by atoms with Crippen molar-refractivity contribution in [3.63, 3.8) is 0 Å². The minimum Gasteiger partial charge on any atom is -0.461 e. The number of hydrogen-bond donors (Lipinski definition) is 1. The number of carbonyl (C=O) groups excluding carboxylic acids is 1. The second kappa shape index (κ2) is 5.53. The molecule has 0 aromatic heterocycles. The van der Waals surface area contributed by atoms with Gasteiger partial charge in [0.25, 0.3) is 0 Å². The lowest BCUT2D eigenvalue weighted by atomic mass is 9.75. The summed E-state index contributed by atoms with van der Waals surface area (Å²) in [5.74, 6) is -0.351. The van der Waals surface area contributed by atoms with Gasteiger partial charge in [-0.25, -0.2) is 4.79 Å². The van der Waals surface area contributed by atoms with Gasteiger partial charge in [0.2, 0.25) is 0 Å². The van der Waals surface area contributed by atoms with Crippen LogP contribution in [0.15, 0.2) is 30.3 Å². The molecule has 3 nitrogen and oxygen atoms in total. The predicted octanol–water partition coefficient (Wildman–Crippen LogP) is 3.03. The van der Waals surface area contributed by atoms with Crippen LogP contribution in [0.1, 0.15) is 44.5 Å². The molecule has 0 spiro atoms. The molecule has 18 heavy (non-hydrogen) atoms. The van der Waals surface area contributed by atoms with Crippen molar-refractivity contribution in [2.45, 2.75) is 39.7 Å². The quantitative estimate of drug-likeness (QED) is 0.817. The van der Waals surface area contributed by atoms with Crippen LogP contribution in [-0.4, -0.2) is 23.3 Å². The van der Waals surface area contributed by atoms with Gasteiger partial charge in [-0.1, -0.05) is 39.0 Å². The second-order valence-corrected chi connectivity index (χ2v) is 5.45. The first-order valence-electron chi connectivity index (χ1n) is 6.25. The summed E-state index contributed by atoms with van der Waals surface area (Å²) < 4.78 is 5.28. The summed E-state index contributed by atoms with van der Waals surface area (Å²) in [5.41, 5.74) is -0.805. The molecular formula is C15H22O3. The van der Waals surface area contributed by atoms with Gasteiger partial charge in [-0.15, -0.1) is 0 Å². The van der Waals surface area contributed by atoms with Crippen LogP contribution in [0, 0.1) is 5.41 Å². The predicted molar refractivity (Wildman–Crippen MR) is 71.4 cm³/mol. The zero-order chi connectivity index (χ0) is 13.8. The van der Waals surface area contributed by atoms with Crippen LogP contribution < -0.4 is 0 Å². The van der Waals surface area contributed by atoms with E-state index in [0.717, 1.165) is 0 Å². The molecule has 0 aliphatic heterocycles. The van der Waals surface area contributed by atoms with E-state index in [9.17, 15) is 9.90 Å². The van der Waals surface area contributed by atoms with Crippen molar-refractivity contribution < 1.29 is 14.6 Å². The standard InChI is InChI=1S/C15H22O3/c1-5-15(4,17)14(2,3)11-18-13(16)12-9-7-6-8-10-12/h6-10,17H,5,11H2,1-4H3. The Hall–Kier alpha value is -1.35. The fourth-order valence-corrected chi connectivity index (χ4v) is 1.54. The molecule has 1 aromatic carbocycles. The lowest BCUT2D eigenvalue weighted by molar-refractivity contribution is -0.0833. The van der Waals surface area contributed by atoms with Crippen molar-refractivity contribution in [2.24, 2.45) is 5.41 Å². The normalized spacial score (nSPS) is 14.9. The van der Waals surface area contributed by atoms with Crippen molar-refractivity contribution in [2.75, 3.05) is 6.61 Å². The maximum atomic E-state index is 11.8. The molecule has 0 fully saturated rings. The van der Waals surface area contributed by atoms with Gasteiger partial charge in [0, 0.05) is 5.41 Å². The molecule has 1 unspecified atom stereocenters. The van der Waals surface area contributed by atoms with E-state index in [2.05, 4.69) is 0 Å². The van der Waals surface area contributed by atoms with Gasteiger partial charge < -0.3 is 9.84 Å². The number of aliphatic hydroxyl groups is 1. The Morgan fingerprint density at radius 1 is 1.22 bits per heavy atom. The van der Waals surface area contributed by atoms with Crippen molar-refractivity contribution in [3.8, 4) is 0 Å². The summed E-state index contributed by atoms with van der Waals surface area (Å²) >= 11 is 0. The molecule has 1 atom stereocenters. The highest BCUT2D eigenvalue weighted by Crippen LogP contribution is 2.33. The Balaban J connectivity index is 2.64. The molecular weight excluding hydrogens is 228 g/mol. The molecule has 0 saturated carbocycles. The monoisotopic (exact) mass is 250 g/mol. The van der Waals surface area contributed by atoms with Gasteiger partial charge in [0.15, 0.2) is 0 Å². The Bertz CT molecular complexity index is 393. The van der Waals surface area contributed by atoms with Crippen molar-refractivity contribution in [1.29, 1.82) is 0 Å². The van der Waals surface area contributed by atoms with E-state index in [1.54, 1.807) is 31.2 Å². The molecule has 0 amide bonds. The maximum absolute atomic E-state index is 11.8. The third-order valence-electron chi connectivity index (χ3n) is 3.72. The highest BCUT2D eigenvalue weighted by atomic mass is 16.5.